The highest BCUT2D eigenvalue weighted by Gasteiger charge is 2.20. The van der Waals surface area contributed by atoms with Gasteiger partial charge in [-0.05, 0) is 37.7 Å². The fourth-order valence-corrected chi connectivity index (χ4v) is 4.04. The van der Waals surface area contributed by atoms with Gasteiger partial charge in [-0.1, -0.05) is 31.0 Å². The Morgan fingerprint density at radius 2 is 2.00 bits per heavy atom. The average molecular weight is 323 g/mol. The number of anilines is 1. The second kappa shape index (κ2) is 6.80. The van der Waals surface area contributed by atoms with Crippen molar-refractivity contribution in [2.75, 3.05) is 5.32 Å². The molecule has 0 radical (unpaired) electrons. The van der Waals surface area contributed by atoms with Crippen LogP contribution in [0, 0.1) is 5.92 Å². The number of carbonyl (C=O) groups excluding carboxylic acids is 1. The van der Waals surface area contributed by atoms with Gasteiger partial charge < -0.3 is 9.88 Å². The van der Waals surface area contributed by atoms with Gasteiger partial charge in [0.15, 0.2) is 0 Å². The maximum Gasteiger partial charge on any atom is 0.224 e. The van der Waals surface area contributed by atoms with E-state index in [1.165, 1.54) is 44.3 Å². The fraction of sp³-hybridized carbons (Fsp3) is 0.500. The van der Waals surface area contributed by atoms with Crippen LogP contribution in [0.2, 0.25) is 0 Å². The number of aromatic nitrogens is 2. The molecule has 4 heteroatoms. The molecule has 1 aromatic heterocycles. The molecule has 1 amide bonds. The molecular weight excluding hydrogens is 298 g/mol. The number of nitrogens with zero attached hydrogens (tertiary/aromatic N) is 2. The topological polar surface area (TPSA) is 46.9 Å². The van der Waals surface area contributed by atoms with Crippen LogP contribution in [0.1, 0.15) is 50.8 Å². The molecule has 1 saturated carbocycles. The molecule has 24 heavy (non-hydrogen) atoms. The third-order valence-electron chi connectivity index (χ3n) is 5.33. The molecule has 0 saturated heterocycles. The lowest BCUT2D eigenvalue weighted by molar-refractivity contribution is -0.117. The van der Waals surface area contributed by atoms with E-state index in [0.717, 1.165) is 29.9 Å². The molecule has 126 valence electrons. The van der Waals surface area contributed by atoms with E-state index in [2.05, 4.69) is 22.1 Å². The van der Waals surface area contributed by atoms with E-state index in [1.807, 2.05) is 18.2 Å². The molecule has 0 bridgehead atoms. The fourth-order valence-electron chi connectivity index (χ4n) is 4.04. The maximum absolute atomic E-state index is 12.4. The van der Waals surface area contributed by atoms with Gasteiger partial charge in [-0.25, -0.2) is 4.98 Å². The van der Waals surface area contributed by atoms with Crippen molar-refractivity contribution in [1.82, 2.24) is 9.55 Å². The van der Waals surface area contributed by atoms with Crippen LogP contribution in [-0.2, 0) is 17.8 Å². The maximum atomic E-state index is 12.4. The first-order valence-corrected chi connectivity index (χ1v) is 9.25. The summed E-state index contributed by atoms with van der Waals surface area (Å²) in [6, 6.07) is 8.03. The second-order valence-corrected chi connectivity index (χ2v) is 7.14. The van der Waals surface area contributed by atoms with E-state index >= 15 is 0 Å². The summed E-state index contributed by atoms with van der Waals surface area (Å²) in [6.45, 7) is 1.05. The summed E-state index contributed by atoms with van der Waals surface area (Å²) in [4.78, 5) is 17.2. The van der Waals surface area contributed by atoms with Crippen LogP contribution in [0.4, 0.5) is 5.69 Å². The number of fused-ring (bicyclic) bond motifs is 1. The smallest absolute Gasteiger partial charge is 0.224 e. The normalized spacial score (nSPS) is 17.7. The first-order valence-electron chi connectivity index (χ1n) is 9.25. The van der Waals surface area contributed by atoms with Crippen LogP contribution in [0.25, 0.3) is 11.3 Å². The molecule has 1 fully saturated rings. The Morgan fingerprint density at radius 1 is 1.17 bits per heavy atom. The highest BCUT2D eigenvalue weighted by molar-refractivity contribution is 5.95. The number of imidazole rings is 1. The van der Waals surface area contributed by atoms with Crippen LogP contribution in [0.5, 0.6) is 0 Å². The van der Waals surface area contributed by atoms with Gasteiger partial charge in [-0.15, -0.1) is 0 Å². The molecular formula is C20H25N3O. The van der Waals surface area contributed by atoms with Crippen LogP contribution < -0.4 is 5.32 Å². The van der Waals surface area contributed by atoms with Crippen molar-refractivity contribution in [2.45, 2.75) is 57.9 Å². The number of carbonyl (C=O) groups is 1. The van der Waals surface area contributed by atoms with Crippen LogP contribution >= 0.6 is 0 Å². The lowest BCUT2D eigenvalue weighted by Crippen LogP contribution is -2.15. The van der Waals surface area contributed by atoms with Crippen molar-refractivity contribution in [3.05, 3.63) is 36.3 Å². The Hall–Kier alpha value is -2.10. The Kier molecular flexibility index (Phi) is 4.37. The number of rotatable bonds is 4. The second-order valence-electron chi connectivity index (χ2n) is 7.14. The standard InChI is InChI=1S/C20H25N3O/c24-20(13-15-7-1-2-8-15)22-17-10-4-3-9-16(17)18-14-23-12-6-5-11-19(23)21-18/h3-4,9-10,14-15H,1-2,5-8,11-13H2,(H,22,24). The van der Waals surface area contributed by atoms with Gasteiger partial charge in [0, 0.05) is 31.1 Å². The monoisotopic (exact) mass is 323 g/mol. The first-order chi connectivity index (χ1) is 11.8. The van der Waals surface area contributed by atoms with Gasteiger partial charge in [-0.2, -0.15) is 0 Å². The predicted molar refractivity (Wildman–Crippen MR) is 95.8 cm³/mol. The van der Waals surface area contributed by atoms with E-state index in [-0.39, 0.29) is 5.91 Å². The summed E-state index contributed by atoms with van der Waals surface area (Å²) in [5.41, 5.74) is 2.89. The third-order valence-corrected chi connectivity index (χ3v) is 5.33. The van der Waals surface area contributed by atoms with E-state index in [1.54, 1.807) is 0 Å². The molecule has 1 N–H and O–H groups in total. The third kappa shape index (κ3) is 3.23. The molecule has 1 aliphatic carbocycles. The quantitative estimate of drug-likeness (QED) is 0.906. The Balaban J connectivity index is 1.54. The summed E-state index contributed by atoms with van der Waals surface area (Å²) >= 11 is 0. The van der Waals surface area contributed by atoms with Gasteiger partial charge in [0.05, 0.1) is 11.4 Å². The number of nitrogens with one attached hydrogen (secondary N) is 1. The molecule has 0 spiro atoms. The summed E-state index contributed by atoms with van der Waals surface area (Å²) < 4.78 is 2.26. The average Bonchev–Trinajstić information content (AvgIpc) is 3.24. The van der Waals surface area contributed by atoms with Gasteiger partial charge in [-0.3, -0.25) is 4.79 Å². The molecule has 0 atom stereocenters. The molecule has 4 nitrogen and oxygen atoms in total. The SMILES string of the molecule is O=C(CC1CCCC1)Nc1ccccc1-c1cn2c(n1)CCCC2. The molecule has 1 aromatic carbocycles. The zero-order valence-corrected chi connectivity index (χ0v) is 14.1. The van der Waals surface area contributed by atoms with Crippen molar-refractivity contribution in [1.29, 1.82) is 0 Å². The first kappa shape index (κ1) is 15.4. The number of hydrogen-bond acceptors (Lipinski definition) is 2. The van der Waals surface area contributed by atoms with Gasteiger partial charge >= 0.3 is 0 Å². The Labute approximate surface area is 143 Å². The summed E-state index contributed by atoms with van der Waals surface area (Å²) in [6.07, 6.45) is 11.2. The van der Waals surface area contributed by atoms with E-state index in [9.17, 15) is 4.79 Å². The summed E-state index contributed by atoms with van der Waals surface area (Å²) in [5, 5.41) is 3.13. The summed E-state index contributed by atoms with van der Waals surface area (Å²) in [5.74, 6) is 1.87. The van der Waals surface area contributed by atoms with Crippen LogP contribution in [-0.4, -0.2) is 15.5 Å². The minimum absolute atomic E-state index is 0.137. The van der Waals surface area contributed by atoms with Crippen LogP contribution in [0.15, 0.2) is 30.5 Å². The minimum atomic E-state index is 0.137. The number of benzene rings is 1. The Morgan fingerprint density at radius 3 is 2.83 bits per heavy atom. The van der Waals surface area contributed by atoms with Gasteiger partial charge in [0.1, 0.15) is 5.82 Å². The minimum Gasteiger partial charge on any atom is -0.334 e. The molecule has 0 unspecified atom stereocenters. The van der Waals surface area contributed by atoms with Crippen LogP contribution in [0.3, 0.4) is 0 Å². The molecule has 1 aliphatic heterocycles. The molecule has 2 aromatic rings. The van der Waals surface area contributed by atoms with E-state index in [4.69, 9.17) is 4.98 Å². The lowest BCUT2D eigenvalue weighted by atomic mass is 10.0. The highest BCUT2D eigenvalue weighted by Crippen LogP contribution is 2.31. The van der Waals surface area contributed by atoms with Gasteiger partial charge in [0.25, 0.3) is 0 Å². The number of para-hydroxylation sites is 1. The Bertz CT molecular complexity index is 705. The van der Waals surface area contributed by atoms with Crippen molar-refractivity contribution >= 4 is 11.6 Å². The van der Waals surface area contributed by atoms with E-state index in [0.29, 0.717) is 12.3 Å². The van der Waals surface area contributed by atoms with Crippen molar-refractivity contribution < 1.29 is 4.79 Å². The zero-order valence-electron chi connectivity index (χ0n) is 14.1. The molecule has 4 rings (SSSR count). The number of hydrogen-bond donors (Lipinski definition) is 1. The van der Waals surface area contributed by atoms with Crippen molar-refractivity contribution in [2.24, 2.45) is 5.92 Å². The van der Waals surface area contributed by atoms with Crippen molar-refractivity contribution in [3.63, 3.8) is 0 Å². The van der Waals surface area contributed by atoms with E-state index < -0.39 is 0 Å². The predicted octanol–water partition coefficient (Wildman–Crippen LogP) is 4.41. The lowest BCUT2D eigenvalue weighted by Gasteiger charge is -2.12. The number of aryl methyl sites for hydroxylation is 2. The highest BCUT2D eigenvalue weighted by atomic mass is 16.1. The largest absolute Gasteiger partial charge is 0.334 e. The number of amides is 1. The summed E-state index contributed by atoms with van der Waals surface area (Å²) in [7, 11) is 0. The molecule has 2 aliphatic rings. The van der Waals surface area contributed by atoms with Crippen molar-refractivity contribution in [3.8, 4) is 11.3 Å². The zero-order chi connectivity index (χ0) is 16.4. The molecule has 2 heterocycles. The van der Waals surface area contributed by atoms with Gasteiger partial charge in [0.2, 0.25) is 5.91 Å².